The Morgan fingerprint density at radius 2 is 1.62 bits per heavy atom. The molecule has 0 spiro atoms. The van der Waals surface area contributed by atoms with Crippen molar-refractivity contribution in [3.8, 4) is 11.3 Å². The first-order chi connectivity index (χ1) is 23.8. The summed E-state index contributed by atoms with van der Waals surface area (Å²) in [6, 6.07) is 17.0. The Morgan fingerprint density at radius 1 is 0.957 bits per heavy atom. The first-order valence-corrected chi connectivity index (χ1v) is 17.2. The van der Waals surface area contributed by atoms with Gasteiger partial charge in [-0.25, -0.2) is 0 Å². The second-order valence-corrected chi connectivity index (χ2v) is 14.2. The predicted molar refractivity (Wildman–Crippen MR) is 198 cm³/mol. The van der Waals surface area contributed by atoms with E-state index in [0.29, 0.717) is 16.6 Å². The molecule has 3 aromatic carbocycles. The second kappa shape index (κ2) is 16.5. The Kier molecular flexibility index (Phi) is 11.0. The van der Waals surface area contributed by atoms with Crippen molar-refractivity contribution in [2.45, 2.75) is 101 Å². The molecule has 0 saturated carbocycles. The molecule has 2 aromatic heterocycles. The van der Waals surface area contributed by atoms with E-state index in [2.05, 4.69) is 16.3 Å². The van der Waals surface area contributed by atoms with Gasteiger partial charge >= 0.3 is 0 Å². The monoisotopic (exact) mass is 833 g/mol. The van der Waals surface area contributed by atoms with Gasteiger partial charge in [0, 0.05) is 70.7 Å². The van der Waals surface area contributed by atoms with Crippen molar-refractivity contribution in [2.24, 2.45) is 17.3 Å². The maximum atomic E-state index is 11.7. The van der Waals surface area contributed by atoms with Crippen LogP contribution in [-0.2, 0) is 31.3 Å². The topological polar surface area (TPSA) is 63.1 Å². The third-order valence-electron chi connectivity index (χ3n) is 8.38. The van der Waals surface area contributed by atoms with Crippen molar-refractivity contribution in [3.63, 3.8) is 0 Å². The smallest absolute Gasteiger partial charge is 0.162 e. The van der Waals surface area contributed by atoms with Crippen molar-refractivity contribution in [2.75, 3.05) is 0 Å². The van der Waals surface area contributed by atoms with Gasteiger partial charge in [-0.3, -0.25) is 4.79 Å². The number of hydrogen-bond donors (Lipinski definition) is 1. The number of hydrogen-bond acceptors (Lipinski definition) is 5. The largest absolute Gasteiger partial charge is 0.512 e. The number of aromatic nitrogens is 2. The molecule has 6 heteroatoms. The van der Waals surface area contributed by atoms with Crippen molar-refractivity contribution in [3.05, 3.63) is 82.8 Å². The van der Waals surface area contributed by atoms with E-state index in [1.165, 1.54) is 17.4 Å². The maximum Gasteiger partial charge on any atom is 0.162 e. The normalized spacial score (nSPS) is 14.3. The van der Waals surface area contributed by atoms with Crippen LogP contribution in [0.15, 0.2) is 54.3 Å². The van der Waals surface area contributed by atoms with Crippen LogP contribution in [-0.4, -0.2) is 21.1 Å². The van der Waals surface area contributed by atoms with Gasteiger partial charge in [-0.2, -0.15) is 10.2 Å². The molecular formula is C41H51IrN2O2S-. The fourth-order valence-electron chi connectivity index (χ4n) is 5.97. The molecule has 0 amide bonds. The number of fused-ring (bicyclic) bond motifs is 5. The molecule has 1 N–H and O–H groups in total. The summed E-state index contributed by atoms with van der Waals surface area (Å²) < 4.78 is 43.4. The third-order valence-corrected chi connectivity index (χ3v) is 9.62. The molecule has 2 heterocycles. The molecule has 0 bridgehead atoms. The van der Waals surface area contributed by atoms with Crippen LogP contribution in [0.1, 0.15) is 103 Å². The number of thiophene rings is 1. The van der Waals surface area contributed by atoms with Gasteiger partial charge in [0.05, 0.1) is 11.5 Å². The summed E-state index contributed by atoms with van der Waals surface area (Å²) in [4.78, 5) is 11.7. The van der Waals surface area contributed by atoms with Crippen LogP contribution in [0.5, 0.6) is 0 Å². The summed E-state index contributed by atoms with van der Waals surface area (Å²) in [5, 5.41) is 21.7. The molecule has 0 aliphatic heterocycles. The maximum absolute atomic E-state index is 11.7. The minimum Gasteiger partial charge on any atom is -0.512 e. The molecule has 0 saturated heterocycles. The van der Waals surface area contributed by atoms with Gasteiger partial charge in [0.2, 0.25) is 0 Å². The minimum absolute atomic E-state index is 0. The van der Waals surface area contributed by atoms with E-state index in [1.807, 2.05) is 105 Å². The summed E-state index contributed by atoms with van der Waals surface area (Å²) in [5.74, 6) is 0.547. The van der Waals surface area contributed by atoms with Gasteiger partial charge < -0.3 is 5.11 Å². The fraction of sp³-hybridized carbons (Fsp3) is 0.439. The Bertz CT molecular complexity index is 2050. The molecule has 0 aliphatic rings. The summed E-state index contributed by atoms with van der Waals surface area (Å²) in [6.45, 7) is 15.3. The number of allylic oxidation sites excluding steroid dienone is 2. The van der Waals surface area contributed by atoms with E-state index in [-0.39, 0.29) is 49.2 Å². The van der Waals surface area contributed by atoms with Gasteiger partial charge in [0.25, 0.3) is 0 Å². The van der Waals surface area contributed by atoms with Crippen molar-refractivity contribution >= 4 is 48.1 Å². The van der Waals surface area contributed by atoms with Gasteiger partial charge in [-0.1, -0.05) is 92.6 Å². The number of aliphatic hydroxyl groups is 1. The number of aryl methyl sites for hydroxylation is 3. The summed E-state index contributed by atoms with van der Waals surface area (Å²) in [7, 11) is 0. The third kappa shape index (κ3) is 9.16. The van der Waals surface area contributed by atoms with Crippen LogP contribution in [0.2, 0.25) is 0 Å². The number of ketones is 1. The number of carbonyl (C=O) groups excluding carboxylic acids is 1. The van der Waals surface area contributed by atoms with Crippen LogP contribution in [0.25, 0.3) is 42.2 Å². The SMILES string of the molecule is CCC(CC)C(=O)/C=C(\O)C(CC)CC.[2H]C([2H])([2H])c1nnc(-c2[c-]c(C)cc(C)c2)c2sc3c4ccc(C([2H])([2H])C(C)(C)C)cc4ccc3c12.[Ir]. The summed E-state index contributed by atoms with van der Waals surface area (Å²) in [5.41, 5.74) is 3.52. The van der Waals surface area contributed by atoms with Crippen LogP contribution >= 0.6 is 11.3 Å². The number of nitrogens with zero attached hydrogens (tertiary/aromatic N) is 2. The van der Waals surface area contributed by atoms with Crippen LogP contribution in [0, 0.1) is 44.0 Å². The fourth-order valence-corrected chi connectivity index (χ4v) is 7.31. The van der Waals surface area contributed by atoms with Gasteiger partial charge in [0.1, 0.15) is 0 Å². The van der Waals surface area contributed by atoms with Gasteiger partial charge in [0.15, 0.2) is 5.78 Å². The standard InChI is InChI=1S/C28H27N2S.C13H24O2.Ir/c1-16-11-17(2)13-21(12-16)25-27-24(18(3)29-30-25)23-10-8-20-14-19(15-28(4,5)6)7-9-22(20)26(23)31-27;1-5-10(6-2)12(14)9-13(15)11(7-3)8-4;/h7-12,14H,15H2,1-6H3;9-11,14H,5-8H2,1-4H3;/q-1;;/b;12-9-;/i3D3,15D2;;. The van der Waals surface area contributed by atoms with E-state index in [0.717, 1.165) is 67.9 Å². The van der Waals surface area contributed by atoms with Crippen LogP contribution in [0.3, 0.4) is 0 Å². The molecular weight excluding hydrogens is 777 g/mol. The molecule has 4 nitrogen and oxygen atoms in total. The molecule has 0 aliphatic carbocycles. The van der Waals surface area contributed by atoms with Crippen LogP contribution in [0.4, 0.5) is 0 Å². The second-order valence-electron chi connectivity index (χ2n) is 13.2. The average Bonchev–Trinajstić information content (AvgIpc) is 3.44. The van der Waals surface area contributed by atoms with Gasteiger partial charge in [-0.05, 0) is 60.7 Å². The molecule has 1 radical (unpaired) electrons. The Balaban J connectivity index is 0.000000389. The molecule has 253 valence electrons. The molecule has 0 fully saturated rings. The van der Waals surface area contributed by atoms with E-state index in [4.69, 9.17) is 6.85 Å². The zero-order chi connectivity index (χ0) is 38.1. The first-order valence-electron chi connectivity index (χ1n) is 18.9. The van der Waals surface area contributed by atoms with E-state index in [1.54, 1.807) is 0 Å². The zero-order valence-corrected chi connectivity index (χ0v) is 32.3. The minimum atomic E-state index is -2.41. The Labute approximate surface area is 306 Å². The quantitative estimate of drug-likeness (QED) is 0.0913. The van der Waals surface area contributed by atoms with Crippen LogP contribution < -0.4 is 0 Å². The van der Waals surface area contributed by atoms with Crippen molar-refractivity contribution in [1.29, 1.82) is 0 Å². The van der Waals surface area contributed by atoms with Crippen molar-refractivity contribution in [1.82, 2.24) is 10.2 Å². The first kappa shape index (κ1) is 31.4. The van der Waals surface area contributed by atoms with E-state index >= 15 is 0 Å². The zero-order valence-electron chi connectivity index (χ0n) is 34.1. The molecule has 5 aromatic rings. The number of benzene rings is 3. The molecule has 5 rings (SSSR count). The summed E-state index contributed by atoms with van der Waals surface area (Å²) in [6.07, 6.45) is 3.40. The molecule has 0 unspecified atom stereocenters. The van der Waals surface area contributed by atoms with E-state index in [9.17, 15) is 9.90 Å². The summed E-state index contributed by atoms with van der Waals surface area (Å²) >= 11 is 1.51. The molecule has 47 heavy (non-hydrogen) atoms. The van der Waals surface area contributed by atoms with Gasteiger partial charge in [-0.15, -0.1) is 46.2 Å². The van der Waals surface area contributed by atoms with Crippen molar-refractivity contribution < 1.29 is 36.9 Å². The number of rotatable bonds is 9. The predicted octanol–water partition coefficient (Wildman–Crippen LogP) is 11.8. The molecule has 0 atom stereocenters. The van der Waals surface area contributed by atoms with E-state index < -0.39 is 18.6 Å². The number of carbonyl (C=O) groups is 1. The number of aliphatic hydroxyl groups excluding tert-OH is 1. The Morgan fingerprint density at radius 3 is 2.21 bits per heavy atom. The Hall–Kier alpha value is -2.92. The average molecular weight is 833 g/mol.